The zero-order valence-electron chi connectivity index (χ0n) is 20.9. The highest BCUT2D eigenvalue weighted by atomic mass is 17.0. The predicted molar refractivity (Wildman–Crippen MR) is 136 cm³/mol. The maximum atomic E-state index is 11.3. The lowest BCUT2D eigenvalue weighted by atomic mass is 9.98. The Morgan fingerprint density at radius 2 is 1.85 bits per heavy atom. The predicted octanol–water partition coefficient (Wildman–Crippen LogP) is 6.05. The molecule has 7 nitrogen and oxygen atoms in total. The molecule has 1 amide bonds. The number of carbonyl (C=O) groups is 1. The van der Waals surface area contributed by atoms with Gasteiger partial charge in [-0.2, -0.15) is 0 Å². The van der Waals surface area contributed by atoms with E-state index in [1.807, 2.05) is 19.1 Å². The molecule has 2 rings (SSSR count). The molecule has 7 heteroatoms. The molecule has 1 aromatic carbocycles. The quantitative estimate of drug-likeness (QED) is 0.128. The van der Waals surface area contributed by atoms with E-state index in [1.54, 1.807) is 0 Å². The van der Waals surface area contributed by atoms with E-state index in [-0.39, 0.29) is 19.1 Å². The molecule has 0 radical (unpaired) electrons. The average molecular weight is 477 g/mol. The Bertz CT molecular complexity index is 660. The summed E-state index contributed by atoms with van der Waals surface area (Å²) in [5.41, 5.74) is 1.50. The lowest BCUT2D eigenvalue weighted by Gasteiger charge is -2.07. The SMILES string of the molecule is C/C=C\CCCC(=O)NCCOCCO[N+](=O)[O-].c1ccc(CCCCCC2CCCC2)cc1. The third-order valence-corrected chi connectivity index (χ3v) is 5.90. The molecule has 1 N–H and O–H groups in total. The Kier molecular flexibility index (Phi) is 18.4. The highest BCUT2D eigenvalue weighted by Crippen LogP contribution is 2.29. The van der Waals surface area contributed by atoms with Crippen molar-refractivity contribution in [2.75, 3.05) is 26.4 Å². The molecule has 1 saturated carbocycles. The molecule has 1 fully saturated rings. The molecule has 192 valence electrons. The van der Waals surface area contributed by atoms with E-state index >= 15 is 0 Å². The van der Waals surface area contributed by atoms with Crippen LogP contribution >= 0.6 is 0 Å². The smallest absolute Gasteiger partial charge is 0.294 e. The molecule has 1 aliphatic rings. The van der Waals surface area contributed by atoms with E-state index < -0.39 is 5.09 Å². The molecule has 0 unspecified atom stereocenters. The maximum Gasteiger partial charge on any atom is 0.294 e. The van der Waals surface area contributed by atoms with E-state index in [0.717, 1.165) is 18.8 Å². The summed E-state index contributed by atoms with van der Waals surface area (Å²) in [6.45, 7) is 2.71. The van der Waals surface area contributed by atoms with E-state index in [0.29, 0.717) is 19.6 Å². The molecule has 0 saturated heterocycles. The largest absolute Gasteiger partial charge is 0.378 e. The Morgan fingerprint density at radius 3 is 2.56 bits per heavy atom. The number of aryl methyl sites for hydroxylation is 1. The summed E-state index contributed by atoms with van der Waals surface area (Å²) in [7, 11) is 0. The summed E-state index contributed by atoms with van der Waals surface area (Å²) in [6.07, 6.45) is 19.2. The van der Waals surface area contributed by atoms with Crippen LogP contribution in [0.1, 0.15) is 83.1 Å². The van der Waals surface area contributed by atoms with Gasteiger partial charge in [0.25, 0.3) is 5.09 Å². The molecule has 0 aromatic heterocycles. The van der Waals surface area contributed by atoms with Crippen LogP contribution in [0.25, 0.3) is 0 Å². The van der Waals surface area contributed by atoms with Gasteiger partial charge in [0, 0.05) is 13.0 Å². The third kappa shape index (κ3) is 18.1. The van der Waals surface area contributed by atoms with Crippen LogP contribution in [0.5, 0.6) is 0 Å². The summed E-state index contributed by atoms with van der Waals surface area (Å²) in [6, 6.07) is 10.9. The molecule has 1 aliphatic carbocycles. The van der Waals surface area contributed by atoms with Crippen LogP contribution in [0.3, 0.4) is 0 Å². The Hall–Kier alpha value is -2.41. The monoisotopic (exact) mass is 476 g/mol. The molecular weight excluding hydrogens is 432 g/mol. The summed E-state index contributed by atoms with van der Waals surface area (Å²) in [5, 5.41) is 11.6. The summed E-state index contributed by atoms with van der Waals surface area (Å²) in [5.74, 6) is 1.07. The second-order valence-electron chi connectivity index (χ2n) is 8.72. The number of unbranched alkanes of at least 4 members (excludes halogenated alkanes) is 3. The van der Waals surface area contributed by atoms with E-state index in [1.165, 1.54) is 63.4 Å². The van der Waals surface area contributed by atoms with Gasteiger partial charge >= 0.3 is 0 Å². The van der Waals surface area contributed by atoms with Crippen molar-refractivity contribution in [3.63, 3.8) is 0 Å². The van der Waals surface area contributed by atoms with Crippen LogP contribution in [0, 0.1) is 16.0 Å². The van der Waals surface area contributed by atoms with Crippen molar-refractivity contribution in [1.82, 2.24) is 5.32 Å². The van der Waals surface area contributed by atoms with Crippen LogP contribution in [0.15, 0.2) is 42.5 Å². The molecule has 0 bridgehead atoms. The van der Waals surface area contributed by atoms with Crippen LogP contribution in [-0.2, 0) is 20.8 Å². The van der Waals surface area contributed by atoms with E-state index in [4.69, 9.17) is 4.74 Å². The molecule has 0 aliphatic heterocycles. The highest BCUT2D eigenvalue weighted by molar-refractivity contribution is 5.75. The van der Waals surface area contributed by atoms with Crippen molar-refractivity contribution in [3.8, 4) is 0 Å². The highest BCUT2D eigenvalue weighted by Gasteiger charge is 2.13. The van der Waals surface area contributed by atoms with Gasteiger partial charge in [0.15, 0.2) is 0 Å². The number of amides is 1. The number of rotatable bonds is 17. The minimum atomic E-state index is -0.865. The number of carbonyl (C=O) groups excluding carboxylic acids is 1. The molecule has 34 heavy (non-hydrogen) atoms. The summed E-state index contributed by atoms with van der Waals surface area (Å²) in [4.78, 5) is 25.1. The number of hydrogen-bond donors (Lipinski definition) is 1. The topological polar surface area (TPSA) is 90.7 Å². The number of ether oxygens (including phenoxy) is 1. The lowest BCUT2D eigenvalue weighted by molar-refractivity contribution is -0.758. The standard InChI is InChI=1S/C16H24.C11H20N2O5/c1-3-9-15(10-4-1)11-5-2-6-12-16-13-7-8-14-16;1-2-3-4-5-6-11(14)12-7-8-17-9-10-18-13(15)16/h1,3-4,9-10,16H,2,5-8,11-14H2;2-3H,4-10H2,1H3,(H,12,14)/b;3-2-. The maximum absolute atomic E-state index is 11.3. The summed E-state index contributed by atoms with van der Waals surface area (Å²) < 4.78 is 5.02. The summed E-state index contributed by atoms with van der Waals surface area (Å²) >= 11 is 0. The van der Waals surface area contributed by atoms with Crippen LogP contribution in [-0.4, -0.2) is 37.4 Å². The van der Waals surface area contributed by atoms with Gasteiger partial charge in [0.1, 0.15) is 6.61 Å². The van der Waals surface area contributed by atoms with E-state index in [9.17, 15) is 14.9 Å². The van der Waals surface area contributed by atoms with E-state index in [2.05, 4.69) is 40.5 Å². The van der Waals surface area contributed by atoms with Gasteiger partial charge in [0.05, 0.1) is 13.2 Å². The average Bonchev–Trinajstić information content (AvgIpc) is 3.35. The minimum Gasteiger partial charge on any atom is -0.378 e. The third-order valence-electron chi connectivity index (χ3n) is 5.90. The zero-order chi connectivity index (χ0) is 24.7. The minimum absolute atomic E-state index is 0.00959. The number of nitrogens with zero attached hydrogens (tertiary/aromatic N) is 1. The van der Waals surface area contributed by atoms with Gasteiger partial charge in [-0.15, -0.1) is 10.1 Å². The molecule has 0 heterocycles. The number of allylic oxidation sites excluding steroid dienone is 2. The second kappa shape index (κ2) is 21.1. The van der Waals surface area contributed by atoms with Crippen LogP contribution < -0.4 is 5.32 Å². The fourth-order valence-corrected chi connectivity index (χ4v) is 4.05. The van der Waals surface area contributed by atoms with Crippen molar-refractivity contribution in [2.24, 2.45) is 5.92 Å². The Labute approximate surface area is 205 Å². The molecule has 0 atom stereocenters. The zero-order valence-corrected chi connectivity index (χ0v) is 20.9. The molecule has 0 spiro atoms. The Morgan fingerprint density at radius 1 is 1.09 bits per heavy atom. The second-order valence-corrected chi connectivity index (χ2v) is 8.72. The van der Waals surface area contributed by atoms with Crippen LogP contribution in [0.4, 0.5) is 0 Å². The number of hydrogen-bond acceptors (Lipinski definition) is 5. The van der Waals surface area contributed by atoms with Crippen LogP contribution in [0.2, 0.25) is 0 Å². The Balaban J connectivity index is 0.000000341. The number of benzene rings is 1. The van der Waals surface area contributed by atoms with Crippen molar-refractivity contribution in [1.29, 1.82) is 0 Å². The van der Waals surface area contributed by atoms with Gasteiger partial charge in [-0.25, -0.2) is 0 Å². The van der Waals surface area contributed by atoms with Gasteiger partial charge in [0.2, 0.25) is 5.91 Å². The van der Waals surface area contributed by atoms with Gasteiger partial charge < -0.3 is 14.9 Å². The van der Waals surface area contributed by atoms with Gasteiger partial charge in [-0.1, -0.05) is 87.4 Å². The molecular formula is C27H44N2O5. The molecule has 1 aromatic rings. The normalized spacial score (nSPS) is 13.4. The van der Waals surface area contributed by atoms with Gasteiger partial charge in [-0.3, -0.25) is 4.79 Å². The van der Waals surface area contributed by atoms with Gasteiger partial charge in [-0.05, 0) is 44.1 Å². The van der Waals surface area contributed by atoms with Crippen molar-refractivity contribution < 1.29 is 19.5 Å². The van der Waals surface area contributed by atoms with Crippen molar-refractivity contribution in [2.45, 2.75) is 84.0 Å². The fraction of sp³-hybridized carbons (Fsp3) is 0.667. The first-order valence-corrected chi connectivity index (χ1v) is 12.9. The fourth-order valence-electron chi connectivity index (χ4n) is 4.05. The number of nitrogens with one attached hydrogen (secondary N) is 1. The first-order valence-electron chi connectivity index (χ1n) is 12.9. The first kappa shape index (κ1) is 29.6. The lowest BCUT2D eigenvalue weighted by Crippen LogP contribution is -2.27. The van der Waals surface area contributed by atoms with Crippen molar-refractivity contribution >= 4 is 5.91 Å². The van der Waals surface area contributed by atoms with Crippen molar-refractivity contribution in [3.05, 3.63) is 58.2 Å². The first-order chi connectivity index (χ1) is 16.6.